The number of rotatable bonds is 4. The van der Waals surface area contributed by atoms with Crippen LogP contribution >= 0.6 is 0 Å². The average Bonchev–Trinajstić information content (AvgIpc) is 2.34. The zero-order valence-electron chi connectivity index (χ0n) is 13.8. The molecule has 0 amide bonds. The van der Waals surface area contributed by atoms with Crippen LogP contribution in [0, 0.1) is 41.5 Å². The van der Waals surface area contributed by atoms with E-state index in [1.807, 2.05) is 0 Å². The summed E-state index contributed by atoms with van der Waals surface area (Å²) in [5.41, 5.74) is 9.18. The van der Waals surface area contributed by atoms with Gasteiger partial charge in [0.25, 0.3) is 0 Å². The first kappa shape index (κ1) is 18.3. The van der Waals surface area contributed by atoms with Crippen molar-refractivity contribution in [1.29, 1.82) is 0 Å². The van der Waals surface area contributed by atoms with Gasteiger partial charge in [-0.25, -0.2) is 0 Å². The third kappa shape index (κ3) is 4.95. The summed E-state index contributed by atoms with van der Waals surface area (Å²) in [6, 6.07) is 9.56. The molecule has 0 bridgehead atoms. The maximum absolute atomic E-state index is 2.39. The second-order valence-electron chi connectivity index (χ2n) is 5.86. The molecule has 0 aliphatic carbocycles. The summed E-state index contributed by atoms with van der Waals surface area (Å²) in [6.45, 7) is 13.8. The van der Waals surface area contributed by atoms with E-state index in [0.717, 1.165) is 0 Å². The molecule has 2 aromatic rings. The third-order valence-corrected chi connectivity index (χ3v) is 55.5. The Kier molecular flexibility index (Phi) is 7.11. The minimum atomic E-state index is -0.515. The van der Waals surface area contributed by atoms with Crippen LogP contribution in [0.1, 0.15) is 33.4 Å². The zero-order valence-corrected chi connectivity index (χ0v) is 22.5. The Morgan fingerprint density at radius 2 is 0.857 bits per heavy atom. The molecule has 0 saturated heterocycles. The van der Waals surface area contributed by atoms with E-state index >= 15 is 0 Å². The fourth-order valence-electron chi connectivity index (χ4n) is 2.94. The molecule has 0 saturated carbocycles. The Morgan fingerprint density at radius 3 is 1.14 bits per heavy atom. The van der Waals surface area contributed by atoms with E-state index in [1.165, 1.54) is 11.1 Å². The molecule has 108 valence electrons. The standard InChI is InChI=1S/2C9H12Te.Cd/c2*1-6-4-7(2)9(10)8(3)5-6;/h2*4-5,10H,1-3H3;/q;;+2/p-2. The van der Waals surface area contributed by atoms with Crippen LogP contribution in [0.15, 0.2) is 24.3 Å². The van der Waals surface area contributed by atoms with Crippen molar-refractivity contribution in [3.63, 3.8) is 0 Å². The van der Waals surface area contributed by atoms with Gasteiger partial charge in [-0.15, -0.1) is 0 Å². The molecule has 2 rings (SSSR count). The number of hydrogen-bond acceptors (Lipinski definition) is 0. The Hall–Kier alpha value is 0.941. The van der Waals surface area contributed by atoms with Crippen molar-refractivity contribution in [2.45, 2.75) is 41.5 Å². The fourth-order valence-corrected chi connectivity index (χ4v) is 68.0. The molecule has 0 aliphatic rings. The topological polar surface area (TPSA) is 0 Å². The second-order valence-corrected chi connectivity index (χ2v) is 56.4. The van der Waals surface area contributed by atoms with Gasteiger partial charge in [0.05, 0.1) is 0 Å². The molecule has 0 atom stereocenters. The van der Waals surface area contributed by atoms with Gasteiger partial charge in [0.15, 0.2) is 0 Å². The van der Waals surface area contributed by atoms with Gasteiger partial charge in [-0.1, -0.05) is 0 Å². The van der Waals surface area contributed by atoms with E-state index in [0.29, 0.717) is 0 Å². The molecule has 0 unspecified atom stereocenters. The summed E-state index contributed by atoms with van der Waals surface area (Å²) in [6.07, 6.45) is 0. The van der Waals surface area contributed by atoms with E-state index in [1.54, 1.807) is 29.5 Å². The first-order valence-corrected chi connectivity index (χ1v) is 35.0. The molecule has 0 N–H and O–H groups in total. The first-order valence-electron chi connectivity index (χ1n) is 7.29. The molecule has 0 aromatic heterocycles. The SMILES string of the molecule is Cc1cc(C)c([Te][Cd][Te]c2c(C)cc(C)cc2C)c(C)c1. The Balaban J connectivity index is 2.09. The van der Waals surface area contributed by atoms with Crippen molar-refractivity contribution in [2.24, 2.45) is 0 Å². The molecule has 0 aliphatic heterocycles. The van der Waals surface area contributed by atoms with Crippen LogP contribution in [0.5, 0.6) is 0 Å². The number of aryl methyl sites for hydroxylation is 6. The van der Waals surface area contributed by atoms with E-state index in [9.17, 15) is 0 Å². The van der Waals surface area contributed by atoms with Gasteiger partial charge in [-0.2, -0.15) is 0 Å². The van der Waals surface area contributed by atoms with Gasteiger partial charge in [0, 0.05) is 0 Å². The molecule has 3 heteroatoms. The molecular formula is C18H22CdTe2. The van der Waals surface area contributed by atoms with Crippen LogP contribution in [-0.2, 0) is 15.8 Å². The van der Waals surface area contributed by atoms with Crippen molar-refractivity contribution in [2.75, 3.05) is 0 Å². The zero-order chi connectivity index (χ0) is 15.6. The van der Waals surface area contributed by atoms with Crippen LogP contribution in [-0.4, -0.2) is 32.3 Å². The molecule has 0 fully saturated rings. The molecule has 0 heterocycles. The summed E-state index contributed by atoms with van der Waals surface area (Å²) >= 11 is -0.147. The predicted molar refractivity (Wildman–Crippen MR) is 92.1 cm³/mol. The number of hydrogen-bond donors (Lipinski definition) is 0. The molecule has 0 radical (unpaired) electrons. The van der Waals surface area contributed by atoms with Gasteiger partial charge in [0.1, 0.15) is 0 Å². The van der Waals surface area contributed by atoms with Crippen molar-refractivity contribution < 1.29 is 15.8 Å². The average molecular weight is 606 g/mol. The normalized spacial score (nSPS) is 10.6. The van der Waals surface area contributed by atoms with Gasteiger partial charge < -0.3 is 0 Å². The Bertz CT molecular complexity index is 559. The quantitative estimate of drug-likeness (QED) is 0.471. The van der Waals surface area contributed by atoms with Gasteiger partial charge >= 0.3 is 154 Å². The Labute approximate surface area is 152 Å². The first-order chi connectivity index (χ1) is 9.88. The Morgan fingerprint density at radius 1 is 0.571 bits per heavy atom. The van der Waals surface area contributed by atoms with Gasteiger partial charge in [-0.3, -0.25) is 0 Å². The third-order valence-electron chi connectivity index (χ3n) is 3.62. The van der Waals surface area contributed by atoms with Crippen LogP contribution in [0.3, 0.4) is 0 Å². The van der Waals surface area contributed by atoms with Crippen molar-refractivity contribution >= 4 is 39.5 Å². The second kappa shape index (κ2) is 8.16. The maximum atomic E-state index is 2.39. The van der Waals surface area contributed by atoms with E-state index in [-0.39, 0.29) is 32.3 Å². The van der Waals surface area contributed by atoms with Crippen LogP contribution in [0.4, 0.5) is 0 Å². The monoisotopic (exact) mass is 612 g/mol. The fraction of sp³-hybridized carbons (Fsp3) is 0.333. The molecule has 21 heavy (non-hydrogen) atoms. The summed E-state index contributed by atoms with van der Waals surface area (Å²) in [5.74, 6) is 0. The van der Waals surface area contributed by atoms with Crippen molar-refractivity contribution in [3.8, 4) is 0 Å². The summed E-state index contributed by atoms with van der Waals surface area (Å²) in [7, 11) is 0. The summed E-state index contributed by atoms with van der Waals surface area (Å²) in [5, 5.41) is 0. The van der Waals surface area contributed by atoms with Crippen molar-refractivity contribution in [3.05, 3.63) is 57.6 Å². The predicted octanol–water partition coefficient (Wildman–Crippen LogP) is 2.81. The molecule has 0 spiro atoms. The van der Waals surface area contributed by atoms with E-state index < -0.39 is 15.8 Å². The minimum absolute atomic E-state index is 0.184. The molecule has 2 aromatic carbocycles. The van der Waals surface area contributed by atoms with Crippen molar-refractivity contribution in [1.82, 2.24) is 0 Å². The summed E-state index contributed by atoms with van der Waals surface area (Å²) in [4.78, 5) is 0. The summed E-state index contributed by atoms with van der Waals surface area (Å²) < 4.78 is 3.60. The molecule has 0 nitrogen and oxygen atoms in total. The van der Waals surface area contributed by atoms with Gasteiger partial charge in [0.2, 0.25) is 0 Å². The van der Waals surface area contributed by atoms with Crippen LogP contribution in [0.2, 0.25) is 0 Å². The van der Waals surface area contributed by atoms with E-state index in [2.05, 4.69) is 65.8 Å². The van der Waals surface area contributed by atoms with E-state index in [4.69, 9.17) is 0 Å². The molecular weight excluding hydrogens is 584 g/mol. The number of benzene rings is 2. The van der Waals surface area contributed by atoms with Crippen LogP contribution in [0.25, 0.3) is 0 Å². The van der Waals surface area contributed by atoms with Gasteiger partial charge in [-0.05, 0) is 0 Å². The van der Waals surface area contributed by atoms with Crippen LogP contribution < -0.4 is 7.22 Å².